The van der Waals surface area contributed by atoms with Crippen molar-refractivity contribution in [1.29, 1.82) is 0 Å². The van der Waals surface area contributed by atoms with E-state index in [2.05, 4.69) is 4.74 Å². The van der Waals surface area contributed by atoms with Gasteiger partial charge in [0, 0.05) is 0 Å². The molecule has 0 rings (SSSR count). The molecule has 0 aliphatic heterocycles. The molecule has 1 atom stereocenters. The first-order valence-corrected chi connectivity index (χ1v) is 18.3. The molecule has 5 nitrogen and oxygen atoms in total. The molecule has 27 heavy (non-hydrogen) atoms. The molecule has 0 fully saturated rings. The van der Waals surface area contributed by atoms with E-state index in [1.165, 1.54) is 0 Å². The van der Waals surface area contributed by atoms with Gasteiger partial charge in [0.2, 0.25) is 0 Å². The topological polar surface area (TPSA) is 72.8 Å². The quantitative estimate of drug-likeness (QED) is 0.192. The van der Waals surface area contributed by atoms with Gasteiger partial charge in [0.05, 0.1) is 0 Å². The first kappa shape index (κ1) is 26.9. The number of hydrogen-bond donors (Lipinski definition) is 1. The van der Waals surface area contributed by atoms with E-state index < -0.39 is 86.2 Å². The van der Waals surface area contributed by atoms with Crippen molar-refractivity contribution < 1.29 is 50.5 Å². The fourth-order valence-electron chi connectivity index (χ4n) is 1.64. The van der Waals surface area contributed by atoms with Gasteiger partial charge in [-0.15, -0.1) is 0 Å². The molecule has 0 radical (unpaired) electrons. The maximum absolute atomic E-state index is 12.5. The zero-order valence-electron chi connectivity index (χ0n) is 15.2. The zero-order chi connectivity index (χ0) is 21.8. The van der Waals surface area contributed by atoms with Gasteiger partial charge in [-0.25, -0.2) is 0 Å². The Hall–Kier alpha value is -0.0600. The fraction of sp³-hybridized carbons (Fsp3) is 0.857. The number of esters is 2. The summed E-state index contributed by atoms with van der Waals surface area (Å²) < 4.78 is 83.5. The molecule has 0 heterocycles. The van der Waals surface area contributed by atoms with Gasteiger partial charge >= 0.3 is 168 Å². The molecule has 0 bridgehead atoms. The molecule has 164 valence electrons. The van der Waals surface area contributed by atoms with E-state index in [1.54, 1.807) is 6.92 Å². The third kappa shape index (κ3) is 7.04. The Morgan fingerprint density at radius 3 is 1.70 bits per heavy atom. The van der Waals surface area contributed by atoms with Crippen molar-refractivity contribution in [3.63, 3.8) is 0 Å². The summed E-state index contributed by atoms with van der Waals surface area (Å²) in [4.78, 5) is 31.6. The van der Waals surface area contributed by atoms with Crippen LogP contribution < -0.4 is 0 Å². The van der Waals surface area contributed by atoms with Crippen LogP contribution in [-0.2, 0) is 19.1 Å². The summed E-state index contributed by atoms with van der Waals surface area (Å²) in [5, 5.41) is 8.89. The van der Waals surface area contributed by atoms with E-state index in [0.29, 0.717) is 4.43 Å². The van der Waals surface area contributed by atoms with Crippen molar-refractivity contribution in [3.8, 4) is 0 Å². The van der Waals surface area contributed by atoms with Crippen LogP contribution >= 0.6 is 39.6 Å². The van der Waals surface area contributed by atoms with E-state index >= 15 is 0 Å². The molecule has 0 amide bonds. The van der Waals surface area contributed by atoms with Crippen molar-refractivity contribution in [2.75, 3.05) is 37.4 Å². The number of carbonyl (C=O) groups is 2. The number of aliphatic hydroxyl groups is 1. The summed E-state index contributed by atoms with van der Waals surface area (Å²) in [6, 6.07) is 0. The van der Waals surface area contributed by atoms with Crippen LogP contribution in [0.15, 0.2) is 0 Å². The summed E-state index contributed by atoms with van der Waals surface area (Å²) in [6.45, 7) is -1.83. The predicted octanol–water partition coefficient (Wildman–Crippen LogP) is 3.22. The summed E-state index contributed by atoms with van der Waals surface area (Å²) >= 11 is -3.14. The standard InChI is InChI=1S/C14H22F6I2O5/c1-11(22(4)5,7-21(2)3)10(24)26-6-9(23)27-8-12(25,13(15,16)17)14(18,19)20/h25H,6-8H2,1-5H3. The Morgan fingerprint density at radius 2 is 1.37 bits per heavy atom. The van der Waals surface area contributed by atoms with Gasteiger partial charge in [0.25, 0.3) is 0 Å². The Balaban J connectivity index is 4.96. The van der Waals surface area contributed by atoms with Crippen LogP contribution in [0.2, 0.25) is 0 Å². The number of rotatable bonds is 8. The number of alkyl halides is 12. The minimum atomic E-state index is -6.10. The first-order valence-electron chi connectivity index (χ1n) is 7.03. The molecule has 1 N–H and O–H groups in total. The van der Waals surface area contributed by atoms with Crippen LogP contribution in [0, 0.1) is 0 Å². The van der Waals surface area contributed by atoms with Gasteiger partial charge in [0.15, 0.2) is 0 Å². The van der Waals surface area contributed by atoms with Crippen molar-refractivity contribution in [2.45, 2.75) is 28.3 Å². The molecular weight excluding hydrogens is 616 g/mol. The number of ether oxygens (including phenoxy) is 2. The van der Waals surface area contributed by atoms with Gasteiger partial charge in [-0.05, 0) is 0 Å². The van der Waals surface area contributed by atoms with Gasteiger partial charge in [-0.1, -0.05) is 0 Å². The third-order valence-electron chi connectivity index (χ3n) is 3.48. The summed E-state index contributed by atoms with van der Waals surface area (Å²) in [7, 11) is 0. The SMILES string of the molecule is CI(C)CC(C)(C(=O)OCC(=O)OCC(O)(C(F)(F)F)C(F)(F)F)I(C)C. The van der Waals surface area contributed by atoms with Crippen molar-refractivity contribution in [3.05, 3.63) is 0 Å². The van der Waals surface area contributed by atoms with E-state index in [9.17, 15) is 35.9 Å². The Morgan fingerprint density at radius 1 is 0.926 bits per heavy atom. The van der Waals surface area contributed by atoms with Crippen molar-refractivity contribution in [1.82, 2.24) is 0 Å². The monoisotopic (exact) mass is 638 g/mol. The van der Waals surface area contributed by atoms with Crippen LogP contribution in [0.1, 0.15) is 6.92 Å². The van der Waals surface area contributed by atoms with Crippen molar-refractivity contribution >= 4 is 51.6 Å². The average molecular weight is 638 g/mol. The average Bonchev–Trinajstić information content (AvgIpc) is 2.46. The van der Waals surface area contributed by atoms with E-state index in [-0.39, 0.29) is 0 Å². The second-order valence-electron chi connectivity index (χ2n) is 6.09. The molecule has 1 unspecified atom stereocenters. The van der Waals surface area contributed by atoms with Gasteiger partial charge in [-0.3, -0.25) is 0 Å². The molecule has 0 spiro atoms. The number of halogens is 8. The summed E-state index contributed by atoms with van der Waals surface area (Å²) in [5.74, 6) is -2.34. The fourth-order valence-corrected chi connectivity index (χ4v) is 14.2. The summed E-state index contributed by atoms with van der Waals surface area (Å²) in [5.41, 5.74) is -5.20. The molecule has 0 aromatic rings. The zero-order valence-corrected chi connectivity index (χ0v) is 19.5. The van der Waals surface area contributed by atoms with E-state index in [0.717, 1.165) is 0 Å². The molecule has 13 heteroatoms. The van der Waals surface area contributed by atoms with Gasteiger partial charge in [0.1, 0.15) is 0 Å². The Kier molecular flexibility index (Phi) is 9.61. The predicted molar refractivity (Wildman–Crippen MR) is 104 cm³/mol. The molecule has 0 aromatic carbocycles. The second kappa shape index (κ2) is 9.63. The molecule has 0 aliphatic rings. The molecule has 0 aliphatic carbocycles. The van der Waals surface area contributed by atoms with E-state index in [4.69, 9.17) is 9.84 Å². The molecule has 0 saturated carbocycles. The third-order valence-corrected chi connectivity index (χ3v) is 13.6. The maximum atomic E-state index is 12.5. The van der Waals surface area contributed by atoms with Crippen LogP contribution in [0.4, 0.5) is 26.3 Å². The van der Waals surface area contributed by atoms with Crippen LogP contribution in [0.25, 0.3) is 0 Å². The molecule has 0 aromatic heterocycles. The van der Waals surface area contributed by atoms with Crippen LogP contribution in [-0.4, -0.2) is 75.8 Å². The van der Waals surface area contributed by atoms with Gasteiger partial charge in [-0.2, -0.15) is 0 Å². The van der Waals surface area contributed by atoms with Crippen molar-refractivity contribution in [2.24, 2.45) is 0 Å². The summed E-state index contributed by atoms with van der Waals surface area (Å²) in [6.07, 6.45) is -12.2. The van der Waals surface area contributed by atoms with E-state index in [1.807, 2.05) is 19.7 Å². The number of carbonyl (C=O) groups excluding carboxylic acids is 2. The second-order valence-corrected chi connectivity index (χ2v) is 18.8. The number of hydrogen-bond acceptors (Lipinski definition) is 5. The normalized spacial score (nSPS) is 16.3. The minimum absolute atomic E-state index is 0.616. The van der Waals surface area contributed by atoms with Crippen LogP contribution in [0.3, 0.4) is 0 Å². The van der Waals surface area contributed by atoms with Crippen LogP contribution in [0.5, 0.6) is 0 Å². The molecular formula is C14H22F6I2O5. The Labute approximate surface area is 167 Å². The van der Waals surface area contributed by atoms with Gasteiger partial charge < -0.3 is 0 Å². The Bertz CT molecular complexity index is 521. The molecule has 0 saturated heterocycles. The first-order chi connectivity index (χ1) is 11.9.